The molecule has 142 valence electrons. The van der Waals surface area contributed by atoms with Crippen LogP contribution in [0, 0.1) is 12.8 Å². The van der Waals surface area contributed by atoms with E-state index in [1.54, 1.807) is 0 Å². The first-order valence-electron chi connectivity index (χ1n) is 8.60. The standard InChI is InChI=1S/C20H21ClN2O3S/c1-13(2)12-22-19-20(27(24,25)17-9-7-16(21)8-10-17)23-18(26-19)15-6-4-5-14(3)11-15/h4-11,13,22H,12H2,1-3H3. The lowest BCUT2D eigenvalue weighted by atomic mass is 10.1. The predicted molar refractivity (Wildman–Crippen MR) is 107 cm³/mol. The summed E-state index contributed by atoms with van der Waals surface area (Å²) in [6.07, 6.45) is 0. The fourth-order valence-electron chi connectivity index (χ4n) is 2.52. The molecule has 1 N–H and O–H groups in total. The van der Waals surface area contributed by atoms with Crippen molar-refractivity contribution in [1.29, 1.82) is 0 Å². The van der Waals surface area contributed by atoms with Crippen molar-refractivity contribution < 1.29 is 12.8 Å². The van der Waals surface area contributed by atoms with E-state index in [4.69, 9.17) is 16.0 Å². The van der Waals surface area contributed by atoms with Gasteiger partial charge in [-0.25, -0.2) is 8.42 Å². The molecule has 0 atom stereocenters. The van der Waals surface area contributed by atoms with Crippen LogP contribution in [0.1, 0.15) is 19.4 Å². The summed E-state index contributed by atoms with van der Waals surface area (Å²) in [6, 6.07) is 13.6. The van der Waals surface area contributed by atoms with Crippen LogP contribution in [0.25, 0.3) is 11.5 Å². The second-order valence-electron chi connectivity index (χ2n) is 6.75. The van der Waals surface area contributed by atoms with Gasteiger partial charge in [-0.3, -0.25) is 0 Å². The largest absolute Gasteiger partial charge is 0.419 e. The third-order valence-corrected chi connectivity index (χ3v) is 5.84. The number of hydrogen-bond donors (Lipinski definition) is 1. The topological polar surface area (TPSA) is 72.2 Å². The third kappa shape index (κ3) is 4.34. The molecule has 0 bridgehead atoms. The van der Waals surface area contributed by atoms with Gasteiger partial charge in [0, 0.05) is 17.1 Å². The zero-order chi connectivity index (χ0) is 19.6. The maximum Gasteiger partial charge on any atom is 0.233 e. The van der Waals surface area contributed by atoms with Crippen molar-refractivity contribution in [2.45, 2.75) is 30.7 Å². The van der Waals surface area contributed by atoms with E-state index >= 15 is 0 Å². The molecule has 0 spiro atoms. The normalized spacial score (nSPS) is 11.7. The maximum atomic E-state index is 13.1. The van der Waals surface area contributed by atoms with Crippen molar-refractivity contribution >= 4 is 27.3 Å². The molecule has 0 amide bonds. The number of nitrogens with one attached hydrogen (secondary N) is 1. The smallest absolute Gasteiger partial charge is 0.233 e. The summed E-state index contributed by atoms with van der Waals surface area (Å²) in [4.78, 5) is 4.43. The molecule has 27 heavy (non-hydrogen) atoms. The third-order valence-electron chi connectivity index (χ3n) is 3.91. The first-order valence-corrected chi connectivity index (χ1v) is 10.5. The van der Waals surface area contributed by atoms with Crippen LogP contribution < -0.4 is 5.32 Å². The number of hydrogen-bond acceptors (Lipinski definition) is 5. The summed E-state index contributed by atoms with van der Waals surface area (Å²) in [7, 11) is -3.86. The predicted octanol–water partition coefficient (Wildman–Crippen LogP) is 5.20. The molecule has 2 aromatic carbocycles. The molecule has 0 fully saturated rings. The summed E-state index contributed by atoms with van der Waals surface area (Å²) in [5.74, 6) is 0.719. The fourth-order valence-corrected chi connectivity index (χ4v) is 3.93. The van der Waals surface area contributed by atoms with Crippen molar-refractivity contribution in [2.75, 3.05) is 11.9 Å². The fraction of sp³-hybridized carbons (Fsp3) is 0.250. The molecule has 0 saturated heterocycles. The van der Waals surface area contributed by atoms with Gasteiger partial charge in [0.15, 0.2) is 0 Å². The van der Waals surface area contributed by atoms with Crippen LogP contribution in [-0.4, -0.2) is 19.9 Å². The van der Waals surface area contributed by atoms with E-state index in [-0.39, 0.29) is 21.7 Å². The molecule has 7 heteroatoms. The molecule has 0 saturated carbocycles. The number of nitrogens with zero attached hydrogens (tertiary/aromatic N) is 1. The van der Waals surface area contributed by atoms with E-state index in [0.29, 0.717) is 17.5 Å². The Morgan fingerprint density at radius 2 is 1.85 bits per heavy atom. The van der Waals surface area contributed by atoms with Gasteiger partial charge < -0.3 is 9.73 Å². The maximum absolute atomic E-state index is 13.1. The lowest BCUT2D eigenvalue weighted by molar-refractivity contribution is 0.567. The van der Waals surface area contributed by atoms with Crippen LogP contribution >= 0.6 is 11.6 Å². The molecule has 0 aliphatic heterocycles. The van der Waals surface area contributed by atoms with Crippen LogP contribution in [0.15, 0.2) is 62.9 Å². The zero-order valence-corrected chi connectivity index (χ0v) is 16.9. The molecule has 3 rings (SSSR count). The molecular formula is C20H21ClN2O3S. The van der Waals surface area contributed by atoms with E-state index < -0.39 is 9.84 Å². The minimum atomic E-state index is -3.86. The molecule has 5 nitrogen and oxygen atoms in total. The molecule has 1 heterocycles. The van der Waals surface area contributed by atoms with Crippen LogP contribution in [-0.2, 0) is 9.84 Å². The van der Waals surface area contributed by atoms with E-state index in [2.05, 4.69) is 10.3 Å². The van der Waals surface area contributed by atoms with E-state index in [0.717, 1.165) is 11.1 Å². The molecule has 0 unspecified atom stereocenters. The average Bonchev–Trinajstić information content (AvgIpc) is 3.05. The van der Waals surface area contributed by atoms with Gasteiger partial charge in [0.05, 0.1) is 4.90 Å². The van der Waals surface area contributed by atoms with Crippen LogP contribution in [0.2, 0.25) is 5.02 Å². The van der Waals surface area contributed by atoms with Gasteiger partial charge in [-0.15, -0.1) is 0 Å². The van der Waals surface area contributed by atoms with Crippen molar-refractivity contribution in [2.24, 2.45) is 5.92 Å². The van der Waals surface area contributed by atoms with Crippen molar-refractivity contribution in [3.63, 3.8) is 0 Å². The molecule has 1 aromatic heterocycles. The van der Waals surface area contributed by atoms with Gasteiger partial charge in [0.1, 0.15) is 0 Å². The van der Waals surface area contributed by atoms with Crippen molar-refractivity contribution in [1.82, 2.24) is 4.98 Å². The minimum absolute atomic E-state index is 0.114. The Hall–Kier alpha value is -2.31. The van der Waals surface area contributed by atoms with E-state index in [1.807, 2.05) is 45.0 Å². The highest BCUT2D eigenvalue weighted by Crippen LogP contribution is 2.33. The lowest BCUT2D eigenvalue weighted by Crippen LogP contribution is -2.11. The molecule has 0 radical (unpaired) electrons. The second kappa shape index (κ2) is 7.74. The highest BCUT2D eigenvalue weighted by atomic mass is 35.5. The summed E-state index contributed by atoms with van der Waals surface area (Å²) in [6.45, 7) is 6.57. The highest BCUT2D eigenvalue weighted by molar-refractivity contribution is 7.91. The second-order valence-corrected chi connectivity index (χ2v) is 9.06. The van der Waals surface area contributed by atoms with Crippen molar-refractivity contribution in [3.8, 4) is 11.5 Å². The monoisotopic (exact) mass is 404 g/mol. The van der Waals surface area contributed by atoms with Crippen molar-refractivity contribution in [3.05, 3.63) is 59.1 Å². The average molecular weight is 405 g/mol. The first kappa shape index (κ1) is 19.5. The Kier molecular flexibility index (Phi) is 5.58. The summed E-state index contributed by atoms with van der Waals surface area (Å²) in [5, 5.41) is 3.41. The number of aryl methyl sites for hydroxylation is 1. The number of oxazole rings is 1. The van der Waals surface area contributed by atoms with Gasteiger partial charge in [0.2, 0.25) is 26.6 Å². The summed E-state index contributed by atoms with van der Waals surface area (Å²) >= 11 is 5.88. The number of benzene rings is 2. The highest BCUT2D eigenvalue weighted by Gasteiger charge is 2.28. The number of rotatable bonds is 6. The number of anilines is 1. The Balaban J connectivity index is 2.10. The summed E-state index contributed by atoms with van der Waals surface area (Å²) in [5.41, 5.74) is 1.75. The zero-order valence-electron chi connectivity index (χ0n) is 15.4. The van der Waals surface area contributed by atoms with Gasteiger partial charge in [-0.05, 0) is 49.2 Å². The Labute approximate surface area is 164 Å². The Morgan fingerprint density at radius 1 is 1.15 bits per heavy atom. The van der Waals surface area contributed by atoms with Gasteiger partial charge in [-0.1, -0.05) is 43.1 Å². The SMILES string of the molecule is Cc1cccc(-c2nc(S(=O)(=O)c3ccc(Cl)cc3)c(NCC(C)C)o2)c1. The quantitative estimate of drug-likeness (QED) is 0.611. The Bertz CT molecular complexity index is 1040. The van der Waals surface area contributed by atoms with Crippen LogP contribution in [0.4, 0.5) is 5.88 Å². The molecular weight excluding hydrogens is 384 g/mol. The first-order chi connectivity index (χ1) is 12.8. The van der Waals surface area contributed by atoms with Crippen LogP contribution in [0.3, 0.4) is 0 Å². The number of halogens is 1. The van der Waals surface area contributed by atoms with E-state index in [1.165, 1.54) is 24.3 Å². The van der Waals surface area contributed by atoms with E-state index in [9.17, 15) is 8.42 Å². The minimum Gasteiger partial charge on any atom is -0.419 e. The lowest BCUT2D eigenvalue weighted by Gasteiger charge is -2.08. The molecule has 0 aliphatic carbocycles. The number of aromatic nitrogens is 1. The summed E-state index contributed by atoms with van der Waals surface area (Å²) < 4.78 is 32.0. The number of sulfone groups is 1. The van der Waals surface area contributed by atoms with Gasteiger partial charge >= 0.3 is 0 Å². The van der Waals surface area contributed by atoms with Gasteiger partial charge in [-0.2, -0.15) is 4.98 Å². The van der Waals surface area contributed by atoms with Crippen LogP contribution in [0.5, 0.6) is 0 Å². The molecule has 3 aromatic rings. The molecule has 0 aliphatic rings. The van der Waals surface area contributed by atoms with Gasteiger partial charge in [0.25, 0.3) is 0 Å². The Morgan fingerprint density at radius 3 is 2.48 bits per heavy atom.